The van der Waals surface area contributed by atoms with Crippen LogP contribution >= 0.6 is 0 Å². The molecule has 0 radical (unpaired) electrons. The average Bonchev–Trinajstić information content (AvgIpc) is 3.11. The zero-order valence-electron chi connectivity index (χ0n) is 13.2. The molecule has 0 unspecified atom stereocenters. The SMILES string of the molecule is CC(=O)O[C@]1(C#N)C[C@H]2O[C@@H]1[C@H]1[C@@H]2N1C(=O)OC(=O)c1ccccc1. The number of fused-ring (bicyclic) bond motifs is 5. The van der Waals surface area contributed by atoms with Crippen LogP contribution < -0.4 is 0 Å². The first-order valence-electron chi connectivity index (χ1n) is 7.83. The summed E-state index contributed by atoms with van der Waals surface area (Å²) in [5.74, 6) is -1.32. The van der Waals surface area contributed by atoms with Crippen molar-refractivity contribution in [2.45, 2.75) is 43.2 Å². The van der Waals surface area contributed by atoms with E-state index in [2.05, 4.69) is 0 Å². The van der Waals surface area contributed by atoms with Crippen LogP contribution in [0.1, 0.15) is 23.7 Å². The molecule has 0 saturated carbocycles. The lowest BCUT2D eigenvalue weighted by atomic mass is 9.86. The number of amides is 1. The van der Waals surface area contributed by atoms with E-state index in [1.165, 1.54) is 11.8 Å². The van der Waals surface area contributed by atoms with Crippen molar-refractivity contribution in [2.75, 3.05) is 0 Å². The highest BCUT2D eigenvalue weighted by Gasteiger charge is 2.77. The molecule has 0 aliphatic carbocycles. The molecule has 8 nitrogen and oxygen atoms in total. The monoisotopic (exact) mass is 342 g/mol. The Labute approximate surface area is 142 Å². The summed E-state index contributed by atoms with van der Waals surface area (Å²) in [5, 5.41) is 9.45. The number of hydrogen-bond donors (Lipinski definition) is 0. The molecule has 0 N–H and O–H groups in total. The quantitative estimate of drug-likeness (QED) is 0.448. The molecule has 3 aliphatic heterocycles. The summed E-state index contributed by atoms with van der Waals surface area (Å²) < 4.78 is 15.8. The molecule has 4 rings (SSSR count). The zero-order valence-corrected chi connectivity index (χ0v) is 13.2. The lowest BCUT2D eigenvalue weighted by molar-refractivity contribution is -0.156. The minimum Gasteiger partial charge on any atom is -0.441 e. The van der Waals surface area contributed by atoms with Gasteiger partial charge in [-0.3, -0.25) is 9.69 Å². The molecule has 2 bridgehead atoms. The third kappa shape index (κ3) is 2.27. The highest BCUT2D eigenvalue weighted by atomic mass is 16.6. The molecule has 8 heteroatoms. The van der Waals surface area contributed by atoms with Crippen LogP contribution in [0.5, 0.6) is 0 Å². The van der Waals surface area contributed by atoms with E-state index >= 15 is 0 Å². The van der Waals surface area contributed by atoms with E-state index in [1.54, 1.807) is 30.3 Å². The molecule has 1 aromatic carbocycles. The van der Waals surface area contributed by atoms with Crippen molar-refractivity contribution in [1.29, 1.82) is 5.26 Å². The van der Waals surface area contributed by atoms with Crippen LogP contribution in [-0.4, -0.2) is 52.8 Å². The van der Waals surface area contributed by atoms with Crippen LogP contribution in [0, 0.1) is 11.3 Å². The minimum absolute atomic E-state index is 0.200. The number of nitriles is 1. The maximum Gasteiger partial charge on any atom is 0.418 e. The summed E-state index contributed by atoms with van der Waals surface area (Å²) in [6.07, 6.45) is -1.71. The Hall–Kier alpha value is -2.92. The predicted octanol–water partition coefficient (Wildman–Crippen LogP) is 1.01. The first kappa shape index (κ1) is 15.6. The number of hydrogen-bond acceptors (Lipinski definition) is 7. The number of esters is 2. The Morgan fingerprint density at radius 1 is 1.28 bits per heavy atom. The average molecular weight is 342 g/mol. The molecule has 3 saturated heterocycles. The fourth-order valence-electron chi connectivity index (χ4n) is 3.81. The molecule has 1 aromatic rings. The van der Waals surface area contributed by atoms with E-state index in [0.717, 1.165) is 0 Å². The Morgan fingerprint density at radius 2 is 2.00 bits per heavy atom. The van der Waals surface area contributed by atoms with E-state index in [-0.39, 0.29) is 18.0 Å². The maximum atomic E-state index is 12.3. The Morgan fingerprint density at radius 3 is 2.64 bits per heavy atom. The van der Waals surface area contributed by atoms with Crippen LogP contribution in [0.25, 0.3) is 0 Å². The number of benzene rings is 1. The van der Waals surface area contributed by atoms with Gasteiger partial charge in [0.25, 0.3) is 0 Å². The van der Waals surface area contributed by atoms with Crippen molar-refractivity contribution in [1.82, 2.24) is 4.90 Å². The van der Waals surface area contributed by atoms with E-state index in [1.807, 2.05) is 6.07 Å². The van der Waals surface area contributed by atoms with Gasteiger partial charge in [-0.1, -0.05) is 18.2 Å². The van der Waals surface area contributed by atoms with Gasteiger partial charge >= 0.3 is 18.0 Å². The Bertz CT molecular complexity index is 803. The predicted molar refractivity (Wildman–Crippen MR) is 80.1 cm³/mol. The smallest absolute Gasteiger partial charge is 0.418 e. The van der Waals surface area contributed by atoms with E-state index in [0.29, 0.717) is 0 Å². The van der Waals surface area contributed by atoms with Crippen LogP contribution in [0.15, 0.2) is 30.3 Å². The number of nitrogens with zero attached hydrogens (tertiary/aromatic N) is 2. The molecule has 0 aromatic heterocycles. The summed E-state index contributed by atoms with van der Waals surface area (Å²) in [7, 11) is 0. The standard InChI is InChI=1S/C17H14N2O6/c1-9(20)25-17(8-18)7-11-12-13(14(17)23-11)19(12)16(22)24-15(21)10-5-3-2-4-6-10/h2-6,11-14H,7H2,1H3/t11-,12-,13-,14-,17+,19?/m1/s1. The molecule has 3 aliphatic rings. The molecule has 3 fully saturated rings. The number of morpholine rings is 1. The molecular formula is C17H14N2O6. The number of carbonyl (C=O) groups excluding carboxylic acids is 3. The third-order valence-corrected chi connectivity index (χ3v) is 4.79. The molecule has 5 atom stereocenters. The fraction of sp³-hybridized carbons (Fsp3) is 0.412. The fourth-order valence-corrected chi connectivity index (χ4v) is 3.81. The van der Waals surface area contributed by atoms with Gasteiger partial charge in [0.05, 0.1) is 23.8 Å². The van der Waals surface area contributed by atoms with Gasteiger partial charge in [-0.15, -0.1) is 0 Å². The van der Waals surface area contributed by atoms with Gasteiger partial charge in [0.15, 0.2) is 0 Å². The van der Waals surface area contributed by atoms with E-state index in [9.17, 15) is 19.6 Å². The van der Waals surface area contributed by atoms with Crippen LogP contribution in [0.2, 0.25) is 0 Å². The van der Waals surface area contributed by atoms with Gasteiger partial charge in [0, 0.05) is 13.3 Å². The maximum absolute atomic E-state index is 12.3. The summed E-state index contributed by atoms with van der Waals surface area (Å²) >= 11 is 0. The Balaban J connectivity index is 1.46. The molecule has 128 valence electrons. The lowest BCUT2D eigenvalue weighted by Crippen LogP contribution is -2.46. The van der Waals surface area contributed by atoms with Gasteiger partial charge in [-0.2, -0.15) is 5.26 Å². The summed E-state index contributed by atoms with van der Waals surface area (Å²) in [6.45, 7) is 1.22. The van der Waals surface area contributed by atoms with Crippen molar-refractivity contribution in [3.05, 3.63) is 35.9 Å². The highest BCUT2D eigenvalue weighted by molar-refractivity contribution is 5.97. The first-order chi connectivity index (χ1) is 12.0. The van der Waals surface area contributed by atoms with Crippen molar-refractivity contribution >= 4 is 18.0 Å². The second-order valence-electron chi connectivity index (χ2n) is 6.30. The molecule has 3 heterocycles. The van der Waals surface area contributed by atoms with E-state index < -0.39 is 41.9 Å². The van der Waals surface area contributed by atoms with Gasteiger partial charge in [-0.25, -0.2) is 9.59 Å². The number of rotatable bonds is 2. The van der Waals surface area contributed by atoms with Crippen molar-refractivity contribution in [3.63, 3.8) is 0 Å². The third-order valence-electron chi connectivity index (χ3n) is 4.79. The van der Waals surface area contributed by atoms with Crippen LogP contribution in [-0.2, 0) is 19.0 Å². The first-order valence-corrected chi connectivity index (χ1v) is 7.83. The molecular weight excluding hydrogens is 328 g/mol. The van der Waals surface area contributed by atoms with Crippen molar-refractivity contribution in [3.8, 4) is 6.07 Å². The molecule has 25 heavy (non-hydrogen) atoms. The minimum atomic E-state index is -1.39. The van der Waals surface area contributed by atoms with Gasteiger partial charge in [0.1, 0.15) is 12.2 Å². The normalized spacial score (nSPS) is 34.0. The second-order valence-corrected chi connectivity index (χ2v) is 6.30. The summed E-state index contributed by atoms with van der Waals surface area (Å²) in [4.78, 5) is 36.9. The lowest BCUT2D eigenvalue weighted by Gasteiger charge is -2.26. The number of likely N-dealkylation sites (tertiary alicyclic amines) is 1. The van der Waals surface area contributed by atoms with Crippen molar-refractivity contribution in [2.24, 2.45) is 0 Å². The van der Waals surface area contributed by atoms with Crippen molar-refractivity contribution < 1.29 is 28.6 Å². The number of ether oxygens (including phenoxy) is 3. The molecule has 0 spiro atoms. The molecule has 1 amide bonds. The van der Waals surface area contributed by atoms with Crippen LogP contribution in [0.4, 0.5) is 4.79 Å². The summed E-state index contributed by atoms with van der Waals surface area (Å²) in [5.41, 5.74) is -1.12. The van der Waals surface area contributed by atoms with Gasteiger partial charge in [0.2, 0.25) is 5.60 Å². The van der Waals surface area contributed by atoms with Gasteiger partial charge in [-0.05, 0) is 12.1 Å². The van der Waals surface area contributed by atoms with E-state index in [4.69, 9.17) is 14.2 Å². The second kappa shape index (κ2) is 5.29. The largest absolute Gasteiger partial charge is 0.441 e. The highest BCUT2D eigenvalue weighted by Crippen LogP contribution is 2.56. The van der Waals surface area contributed by atoms with Crippen LogP contribution in [0.3, 0.4) is 0 Å². The Kier molecular flexibility index (Phi) is 3.30. The topological polar surface area (TPSA) is 106 Å². The number of carbonyl (C=O) groups is 3. The van der Waals surface area contributed by atoms with Gasteiger partial charge < -0.3 is 14.2 Å². The zero-order chi connectivity index (χ0) is 17.8. The summed E-state index contributed by atoms with van der Waals surface area (Å²) in [6, 6.07) is 9.52.